The molecule has 0 saturated carbocycles. The fourth-order valence-electron chi connectivity index (χ4n) is 3.90. The Hall–Kier alpha value is -2.79. The van der Waals surface area contributed by atoms with E-state index in [0.29, 0.717) is 36.8 Å². The molecule has 1 saturated heterocycles. The van der Waals surface area contributed by atoms with Crippen molar-refractivity contribution in [2.24, 2.45) is 0 Å². The average Bonchev–Trinajstić information content (AvgIpc) is 3.12. The van der Waals surface area contributed by atoms with Gasteiger partial charge in [-0.05, 0) is 44.5 Å². The van der Waals surface area contributed by atoms with Crippen LogP contribution in [0.15, 0.2) is 47.4 Å². The van der Waals surface area contributed by atoms with Gasteiger partial charge in [-0.2, -0.15) is 0 Å². The summed E-state index contributed by atoms with van der Waals surface area (Å²) in [6.45, 7) is 4.04. The predicted octanol–water partition coefficient (Wildman–Crippen LogP) is 1.65. The molecular formula is C22H26N2O7S2. The van der Waals surface area contributed by atoms with Gasteiger partial charge in [0.15, 0.2) is 21.3 Å². The number of rotatable bonds is 6. The highest BCUT2D eigenvalue weighted by Crippen LogP contribution is 2.35. The van der Waals surface area contributed by atoms with Crippen LogP contribution in [-0.4, -0.2) is 59.5 Å². The van der Waals surface area contributed by atoms with E-state index in [9.17, 15) is 21.6 Å². The van der Waals surface area contributed by atoms with Gasteiger partial charge in [-0.25, -0.2) is 16.8 Å². The first-order valence-corrected chi connectivity index (χ1v) is 13.8. The summed E-state index contributed by atoms with van der Waals surface area (Å²) in [4.78, 5) is 13.0. The van der Waals surface area contributed by atoms with Crippen LogP contribution in [0.25, 0.3) is 0 Å². The summed E-state index contributed by atoms with van der Waals surface area (Å²) in [5.74, 6) is 0.0579. The van der Waals surface area contributed by atoms with E-state index < -0.39 is 37.9 Å². The van der Waals surface area contributed by atoms with Crippen LogP contribution in [0.3, 0.4) is 0 Å². The first-order chi connectivity index (χ1) is 15.6. The summed E-state index contributed by atoms with van der Waals surface area (Å²) in [6, 6.07) is 9.45. The quantitative estimate of drug-likeness (QED) is 0.649. The van der Waals surface area contributed by atoms with Gasteiger partial charge in [0, 0.05) is 12.1 Å². The lowest BCUT2D eigenvalue weighted by molar-refractivity contribution is -0.122. The number of hydrogen-bond donors (Lipinski definition) is 1. The number of aryl methyl sites for hydroxylation is 1. The van der Waals surface area contributed by atoms with Crippen molar-refractivity contribution in [1.82, 2.24) is 5.32 Å². The highest BCUT2D eigenvalue weighted by atomic mass is 32.2. The summed E-state index contributed by atoms with van der Waals surface area (Å²) >= 11 is 0. The number of carbonyl (C=O) groups is 1. The van der Waals surface area contributed by atoms with Crippen LogP contribution < -0.4 is 19.1 Å². The highest BCUT2D eigenvalue weighted by molar-refractivity contribution is 7.93. The van der Waals surface area contributed by atoms with Crippen LogP contribution >= 0.6 is 0 Å². The molecule has 1 amide bonds. The minimum absolute atomic E-state index is 0.00347. The normalized spacial score (nSPS) is 20.1. The number of fused-ring (bicyclic) bond motifs is 1. The Morgan fingerprint density at radius 3 is 2.39 bits per heavy atom. The Bertz CT molecular complexity index is 1260. The molecule has 1 fully saturated rings. The second-order valence-electron chi connectivity index (χ2n) is 8.23. The molecule has 2 atom stereocenters. The molecule has 33 heavy (non-hydrogen) atoms. The Labute approximate surface area is 193 Å². The van der Waals surface area contributed by atoms with Crippen molar-refractivity contribution >= 4 is 31.5 Å². The molecule has 2 aliphatic heterocycles. The molecule has 2 aromatic carbocycles. The Kier molecular flexibility index (Phi) is 6.28. The van der Waals surface area contributed by atoms with Gasteiger partial charge in [0.1, 0.15) is 19.3 Å². The van der Waals surface area contributed by atoms with Gasteiger partial charge < -0.3 is 14.8 Å². The summed E-state index contributed by atoms with van der Waals surface area (Å²) in [6.07, 6.45) is 0.306. The van der Waals surface area contributed by atoms with Crippen LogP contribution in [0, 0.1) is 6.92 Å². The van der Waals surface area contributed by atoms with Gasteiger partial charge in [-0.3, -0.25) is 9.10 Å². The van der Waals surface area contributed by atoms with E-state index in [1.807, 2.05) is 6.92 Å². The molecule has 0 unspecified atom stereocenters. The zero-order valence-electron chi connectivity index (χ0n) is 18.4. The van der Waals surface area contributed by atoms with Crippen LogP contribution in [0.2, 0.25) is 0 Å². The van der Waals surface area contributed by atoms with Crippen LogP contribution in [0.4, 0.5) is 5.69 Å². The number of nitrogens with zero attached hydrogens (tertiary/aromatic N) is 1. The minimum atomic E-state index is -4.18. The number of amides is 1. The molecular weight excluding hydrogens is 468 g/mol. The van der Waals surface area contributed by atoms with E-state index in [1.54, 1.807) is 24.3 Å². The second-order valence-corrected chi connectivity index (χ2v) is 12.3. The third kappa shape index (κ3) is 4.93. The third-order valence-electron chi connectivity index (χ3n) is 5.67. The standard InChI is InChI=1S/C22H26N2O7S2/c1-15-3-5-18(6-4-15)24(16(2)22(25)23-17-9-12-32(26,27)14-17)33(28,29)19-7-8-20-21(13-19)31-11-10-30-20/h3-8,13,16-17H,9-12,14H2,1-2H3,(H,23,25)/t16-,17-/m1/s1. The fraction of sp³-hybridized carbons (Fsp3) is 0.409. The number of nitrogens with one attached hydrogen (secondary N) is 1. The molecule has 0 radical (unpaired) electrons. The maximum atomic E-state index is 13.7. The highest BCUT2D eigenvalue weighted by Gasteiger charge is 2.36. The average molecular weight is 495 g/mol. The number of hydrogen-bond acceptors (Lipinski definition) is 7. The van der Waals surface area contributed by atoms with Gasteiger partial charge in [0.2, 0.25) is 5.91 Å². The zero-order chi connectivity index (χ0) is 23.8. The number of anilines is 1. The third-order valence-corrected chi connectivity index (χ3v) is 9.33. The fourth-order valence-corrected chi connectivity index (χ4v) is 7.20. The molecule has 0 spiro atoms. The monoisotopic (exact) mass is 494 g/mol. The molecule has 2 heterocycles. The van der Waals surface area contributed by atoms with Crippen molar-refractivity contribution < 1.29 is 31.1 Å². The van der Waals surface area contributed by atoms with E-state index in [2.05, 4.69) is 5.32 Å². The van der Waals surface area contributed by atoms with E-state index in [4.69, 9.17) is 9.47 Å². The molecule has 4 rings (SSSR count). The van der Waals surface area contributed by atoms with E-state index in [1.165, 1.54) is 25.1 Å². The van der Waals surface area contributed by atoms with Crippen LogP contribution in [0.1, 0.15) is 18.9 Å². The molecule has 2 aliphatic rings. The summed E-state index contributed by atoms with van der Waals surface area (Å²) in [5.41, 5.74) is 1.25. The zero-order valence-corrected chi connectivity index (χ0v) is 20.0. The molecule has 0 bridgehead atoms. The van der Waals surface area contributed by atoms with Gasteiger partial charge in [0.25, 0.3) is 10.0 Å². The van der Waals surface area contributed by atoms with E-state index in [-0.39, 0.29) is 16.4 Å². The maximum Gasteiger partial charge on any atom is 0.265 e. The lowest BCUT2D eigenvalue weighted by atomic mass is 10.2. The molecule has 9 nitrogen and oxygen atoms in total. The smallest absolute Gasteiger partial charge is 0.265 e. The van der Waals surface area contributed by atoms with Gasteiger partial charge in [-0.15, -0.1) is 0 Å². The largest absolute Gasteiger partial charge is 0.486 e. The van der Waals surface area contributed by atoms with Crippen LogP contribution in [0.5, 0.6) is 11.5 Å². The first-order valence-electron chi connectivity index (χ1n) is 10.6. The second kappa shape index (κ2) is 8.86. The van der Waals surface area contributed by atoms with Crippen molar-refractivity contribution in [3.8, 4) is 11.5 Å². The predicted molar refractivity (Wildman–Crippen MR) is 123 cm³/mol. The minimum Gasteiger partial charge on any atom is -0.486 e. The summed E-state index contributed by atoms with van der Waals surface area (Å²) in [7, 11) is -7.38. The first kappa shape index (κ1) is 23.4. The van der Waals surface area contributed by atoms with Crippen molar-refractivity contribution in [1.29, 1.82) is 0 Å². The van der Waals surface area contributed by atoms with Gasteiger partial charge in [-0.1, -0.05) is 17.7 Å². The Morgan fingerprint density at radius 1 is 1.09 bits per heavy atom. The SMILES string of the molecule is Cc1ccc(N([C@H](C)C(=O)N[C@@H]2CCS(=O)(=O)C2)S(=O)(=O)c2ccc3c(c2)OCCO3)cc1. The molecule has 0 aromatic heterocycles. The lowest BCUT2D eigenvalue weighted by Crippen LogP contribution is -2.50. The Balaban J connectivity index is 1.68. The lowest BCUT2D eigenvalue weighted by Gasteiger charge is -2.31. The summed E-state index contributed by atoms with van der Waals surface area (Å²) < 4.78 is 63.1. The molecule has 2 aromatic rings. The van der Waals surface area contributed by atoms with E-state index >= 15 is 0 Å². The van der Waals surface area contributed by atoms with E-state index in [0.717, 1.165) is 9.87 Å². The number of sulfone groups is 1. The number of benzene rings is 2. The summed E-state index contributed by atoms with van der Waals surface area (Å²) in [5, 5.41) is 2.70. The topological polar surface area (TPSA) is 119 Å². The van der Waals surface area contributed by atoms with Gasteiger partial charge in [0.05, 0.1) is 22.1 Å². The van der Waals surface area contributed by atoms with Crippen molar-refractivity contribution in [2.45, 2.75) is 37.2 Å². The number of carbonyl (C=O) groups excluding carboxylic acids is 1. The Morgan fingerprint density at radius 2 is 1.76 bits per heavy atom. The number of sulfonamides is 1. The van der Waals surface area contributed by atoms with Crippen LogP contribution in [-0.2, 0) is 24.7 Å². The molecule has 11 heteroatoms. The molecule has 178 valence electrons. The molecule has 0 aliphatic carbocycles. The maximum absolute atomic E-state index is 13.7. The van der Waals surface area contributed by atoms with Crippen molar-refractivity contribution in [2.75, 3.05) is 29.0 Å². The molecule has 1 N–H and O–H groups in total. The number of ether oxygens (including phenoxy) is 2. The van der Waals surface area contributed by atoms with Gasteiger partial charge >= 0.3 is 0 Å². The van der Waals surface area contributed by atoms with Crippen molar-refractivity contribution in [3.63, 3.8) is 0 Å². The van der Waals surface area contributed by atoms with Crippen molar-refractivity contribution in [3.05, 3.63) is 48.0 Å².